The Balaban J connectivity index is 2.00. The van der Waals surface area contributed by atoms with Crippen LogP contribution in [0.2, 0.25) is 0 Å². The summed E-state index contributed by atoms with van der Waals surface area (Å²) in [5, 5.41) is 3.68. The molecule has 2 aliphatic carbocycles. The average Bonchev–Trinajstić information content (AvgIpc) is 2.46. The number of nitrogens with one attached hydrogen (secondary N) is 1. The maximum atomic E-state index is 5.88. The summed E-state index contributed by atoms with van der Waals surface area (Å²) in [5.74, 6) is 1.50. The van der Waals surface area contributed by atoms with E-state index >= 15 is 0 Å². The molecule has 98 valence electrons. The van der Waals surface area contributed by atoms with Gasteiger partial charge in [0.15, 0.2) is 0 Å². The number of fused-ring (bicyclic) bond motifs is 3. The van der Waals surface area contributed by atoms with E-state index in [-0.39, 0.29) is 5.54 Å². The Hall–Kier alpha value is -0.860. The van der Waals surface area contributed by atoms with Gasteiger partial charge >= 0.3 is 0 Å². The minimum Gasteiger partial charge on any atom is -0.330 e. The first-order valence-electron chi connectivity index (χ1n) is 7.27. The second-order valence-corrected chi connectivity index (χ2v) is 5.99. The molecule has 3 N–H and O–H groups in total. The Bertz CT molecular complexity index is 429. The summed E-state index contributed by atoms with van der Waals surface area (Å²) < 4.78 is 0. The molecule has 1 unspecified atom stereocenters. The van der Waals surface area contributed by atoms with Crippen LogP contribution >= 0.6 is 0 Å². The van der Waals surface area contributed by atoms with Crippen molar-refractivity contribution in [2.45, 2.75) is 37.6 Å². The molecule has 1 fully saturated rings. The SMILES string of the molecule is CN[C@]12CCC(CN)C[C@H]1CCc1ccccc12. The van der Waals surface area contributed by atoms with E-state index in [1.54, 1.807) is 11.1 Å². The quantitative estimate of drug-likeness (QED) is 0.838. The van der Waals surface area contributed by atoms with Gasteiger partial charge < -0.3 is 11.1 Å². The first-order valence-corrected chi connectivity index (χ1v) is 7.27. The Morgan fingerprint density at radius 2 is 2.17 bits per heavy atom. The second-order valence-electron chi connectivity index (χ2n) is 5.99. The molecule has 3 atom stereocenters. The molecule has 0 aromatic heterocycles. The average molecular weight is 244 g/mol. The number of benzene rings is 1. The summed E-state index contributed by atoms with van der Waals surface area (Å²) in [7, 11) is 2.14. The van der Waals surface area contributed by atoms with Crippen LogP contribution in [0.3, 0.4) is 0 Å². The number of hydrogen-bond donors (Lipinski definition) is 2. The van der Waals surface area contributed by atoms with Gasteiger partial charge in [-0.25, -0.2) is 0 Å². The van der Waals surface area contributed by atoms with E-state index in [1.165, 1.54) is 32.1 Å². The van der Waals surface area contributed by atoms with Crippen molar-refractivity contribution in [3.8, 4) is 0 Å². The topological polar surface area (TPSA) is 38.0 Å². The number of rotatable bonds is 2. The summed E-state index contributed by atoms with van der Waals surface area (Å²) in [4.78, 5) is 0. The van der Waals surface area contributed by atoms with Crippen LogP contribution in [0.15, 0.2) is 24.3 Å². The van der Waals surface area contributed by atoms with Crippen LogP contribution in [0.1, 0.15) is 36.8 Å². The van der Waals surface area contributed by atoms with Gasteiger partial charge in [0, 0.05) is 5.54 Å². The van der Waals surface area contributed by atoms with Gasteiger partial charge in [0.25, 0.3) is 0 Å². The normalized spacial score (nSPS) is 34.8. The number of aryl methyl sites for hydroxylation is 1. The van der Waals surface area contributed by atoms with Crippen molar-refractivity contribution < 1.29 is 0 Å². The highest BCUT2D eigenvalue weighted by atomic mass is 15.0. The van der Waals surface area contributed by atoms with Gasteiger partial charge in [0.05, 0.1) is 0 Å². The Morgan fingerprint density at radius 3 is 2.94 bits per heavy atom. The second kappa shape index (κ2) is 4.67. The van der Waals surface area contributed by atoms with E-state index in [0.29, 0.717) is 0 Å². The predicted molar refractivity (Wildman–Crippen MR) is 75.4 cm³/mol. The van der Waals surface area contributed by atoms with Gasteiger partial charge in [0.1, 0.15) is 0 Å². The molecule has 1 aromatic carbocycles. The minimum absolute atomic E-state index is 0.223. The zero-order valence-electron chi connectivity index (χ0n) is 11.3. The summed E-state index contributed by atoms with van der Waals surface area (Å²) in [5.41, 5.74) is 9.21. The summed E-state index contributed by atoms with van der Waals surface area (Å²) >= 11 is 0. The molecule has 3 rings (SSSR count). The Morgan fingerprint density at radius 1 is 1.33 bits per heavy atom. The molecule has 0 spiro atoms. The van der Waals surface area contributed by atoms with Crippen molar-refractivity contribution in [2.24, 2.45) is 17.6 Å². The molecule has 2 aliphatic rings. The highest BCUT2D eigenvalue weighted by molar-refractivity contribution is 5.37. The lowest BCUT2D eigenvalue weighted by Crippen LogP contribution is -2.53. The van der Waals surface area contributed by atoms with E-state index < -0.39 is 0 Å². The fourth-order valence-corrected chi connectivity index (χ4v) is 4.26. The lowest BCUT2D eigenvalue weighted by Gasteiger charge is -2.50. The van der Waals surface area contributed by atoms with Crippen LogP contribution in [-0.4, -0.2) is 13.6 Å². The van der Waals surface area contributed by atoms with Gasteiger partial charge in [-0.1, -0.05) is 24.3 Å². The largest absolute Gasteiger partial charge is 0.330 e. The maximum absolute atomic E-state index is 5.88. The molecular weight excluding hydrogens is 220 g/mol. The van der Waals surface area contributed by atoms with Crippen LogP contribution in [0, 0.1) is 11.8 Å². The smallest absolute Gasteiger partial charge is 0.0463 e. The molecule has 2 nitrogen and oxygen atoms in total. The zero-order valence-corrected chi connectivity index (χ0v) is 11.3. The van der Waals surface area contributed by atoms with E-state index in [2.05, 4.69) is 36.6 Å². The minimum atomic E-state index is 0.223. The summed E-state index contributed by atoms with van der Waals surface area (Å²) in [6.07, 6.45) is 6.36. The molecule has 1 saturated carbocycles. The Kier molecular flexibility index (Phi) is 3.16. The van der Waals surface area contributed by atoms with Crippen LogP contribution in [0.4, 0.5) is 0 Å². The van der Waals surface area contributed by atoms with E-state index in [9.17, 15) is 0 Å². The van der Waals surface area contributed by atoms with Crippen molar-refractivity contribution in [1.82, 2.24) is 5.32 Å². The number of nitrogens with two attached hydrogens (primary N) is 1. The Labute approximate surface area is 110 Å². The van der Waals surface area contributed by atoms with Crippen molar-refractivity contribution in [3.63, 3.8) is 0 Å². The first kappa shape index (κ1) is 12.2. The monoisotopic (exact) mass is 244 g/mol. The molecule has 0 bridgehead atoms. The standard InChI is InChI=1S/C16H24N2/c1-18-16-9-8-12(11-17)10-14(16)7-6-13-4-2-3-5-15(13)16/h2-5,12,14,18H,6-11,17H2,1H3/t12?,14-,16-/m1/s1. The maximum Gasteiger partial charge on any atom is 0.0463 e. The lowest BCUT2D eigenvalue weighted by molar-refractivity contribution is 0.0959. The van der Waals surface area contributed by atoms with Gasteiger partial charge in [-0.05, 0) is 68.7 Å². The molecular formula is C16H24N2. The summed E-state index contributed by atoms with van der Waals surface area (Å²) in [6.45, 7) is 0.859. The predicted octanol–water partition coefficient (Wildman–Crippen LogP) is 2.42. The fraction of sp³-hybridized carbons (Fsp3) is 0.625. The van der Waals surface area contributed by atoms with E-state index in [1.807, 2.05) is 0 Å². The molecule has 0 heterocycles. The molecule has 1 aromatic rings. The van der Waals surface area contributed by atoms with E-state index in [0.717, 1.165) is 18.4 Å². The highest BCUT2D eigenvalue weighted by Gasteiger charge is 2.46. The van der Waals surface area contributed by atoms with Crippen molar-refractivity contribution in [3.05, 3.63) is 35.4 Å². The van der Waals surface area contributed by atoms with Gasteiger partial charge in [-0.2, -0.15) is 0 Å². The summed E-state index contributed by atoms with van der Waals surface area (Å²) in [6, 6.07) is 9.00. The van der Waals surface area contributed by atoms with Crippen LogP contribution in [0.25, 0.3) is 0 Å². The highest BCUT2D eigenvalue weighted by Crippen LogP contribution is 2.49. The van der Waals surface area contributed by atoms with Gasteiger partial charge in [-0.3, -0.25) is 0 Å². The number of hydrogen-bond acceptors (Lipinski definition) is 2. The third-order valence-corrected chi connectivity index (χ3v) is 5.30. The fourth-order valence-electron chi connectivity index (χ4n) is 4.26. The third-order valence-electron chi connectivity index (χ3n) is 5.30. The van der Waals surface area contributed by atoms with Gasteiger partial charge in [-0.15, -0.1) is 0 Å². The molecule has 0 radical (unpaired) electrons. The van der Waals surface area contributed by atoms with Gasteiger partial charge in [0.2, 0.25) is 0 Å². The zero-order chi connectivity index (χ0) is 12.6. The first-order chi connectivity index (χ1) is 8.80. The molecule has 0 aliphatic heterocycles. The van der Waals surface area contributed by atoms with Crippen LogP contribution in [0.5, 0.6) is 0 Å². The van der Waals surface area contributed by atoms with Crippen molar-refractivity contribution >= 4 is 0 Å². The van der Waals surface area contributed by atoms with E-state index in [4.69, 9.17) is 5.73 Å². The molecule has 2 heteroatoms. The van der Waals surface area contributed by atoms with Crippen molar-refractivity contribution in [1.29, 1.82) is 0 Å². The third kappa shape index (κ3) is 1.70. The molecule has 18 heavy (non-hydrogen) atoms. The van der Waals surface area contributed by atoms with Crippen LogP contribution < -0.4 is 11.1 Å². The van der Waals surface area contributed by atoms with Crippen molar-refractivity contribution in [2.75, 3.05) is 13.6 Å². The molecule has 0 amide bonds. The van der Waals surface area contributed by atoms with Crippen LogP contribution in [-0.2, 0) is 12.0 Å². The lowest BCUT2D eigenvalue weighted by atomic mass is 9.60. The molecule has 0 saturated heterocycles.